The van der Waals surface area contributed by atoms with Crippen molar-refractivity contribution in [1.29, 1.82) is 0 Å². The second kappa shape index (κ2) is 5.49. The highest BCUT2D eigenvalue weighted by Crippen LogP contribution is 2.28. The fraction of sp³-hybridized carbons (Fsp3) is 0.500. The van der Waals surface area contributed by atoms with Crippen LogP contribution in [0, 0.1) is 6.92 Å². The molecule has 0 amide bonds. The first-order chi connectivity index (χ1) is 8.60. The molecule has 18 heavy (non-hydrogen) atoms. The van der Waals surface area contributed by atoms with Crippen LogP contribution in [0.3, 0.4) is 0 Å². The zero-order valence-electron chi connectivity index (χ0n) is 10.6. The van der Waals surface area contributed by atoms with Crippen molar-refractivity contribution in [3.05, 3.63) is 10.9 Å². The van der Waals surface area contributed by atoms with Crippen LogP contribution in [0.4, 0.5) is 11.8 Å². The van der Waals surface area contributed by atoms with Gasteiger partial charge in [0.15, 0.2) is 0 Å². The van der Waals surface area contributed by atoms with E-state index in [1.54, 1.807) is 11.3 Å². The number of aromatic nitrogens is 2. The number of hydrogen-bond donors (Lipinski definition) is 3. The maximum absolute atomic E-state index is 9.51. The number of nitrogens with zero attached hydrogens (tertiary/aromatic N) is 2. The normalized spacial score (nSPS) is 12.8. The molecule has 0 aliphatic carbocycles. The topological polar surface area (TPSA) is 84.1 Å². The van der Waals surface area contributed by atoms with Gasteiger partial charge in [-0.15, -0.1) is 11.3 Å². The first-order valence-electron chi connectivity index (χ1n) is 6.05. The van der Waals surface area contributed by atoms with Crippen LogP contribution in [0.2, 0.25) is 0 Å². The summed E-state index contributed by atoms with van der Waals surface area (Å²) >= 11 is 1.60. The van der Waals surface area contributed by atoms with Crippen LogP contribution < -0.4 is 11.1 Å². The smallest absolute Gasteiger partial charge is 0.223 e. The highest BCUT2D eigenvalue weighted by Gasteiger charge is 2.09. The van der Waals surface area contributed by atoms with Crippen molar-refractivity contribution in [3.63, 3.8) is 0 Å². The maximum Gasteiger partial charge on any atom is 0.223 e. The molecule has 2 aromatic rings. The second-order valence-corrected chi connectivity index (χ2v) is 5.52. The van der Waals surface area contributed by atoms with Crippen molar-refractivity contribution < 1.29 is 5.11 Å². The summed E-state index contributed by atoms with van der Waals surface area (Å²) in [4.78, 5) is 10.5. The molecule has 1 unspecified atom stereocenters. The predicted molar refractivity (Wildman–Crippen MR) is 76.0 cm³/mol. The number of thiophene rings is 1. The van der Waals surface area contributed by atoms with Crippen LogP contribution in [-0.4, -0.2) is 27.7 Å². The highest BCUT2D eigenvalue weighted by molar-refractivity contribution is 7.18. The predicted octanol–water partition coefficient (Wildman–Crippen LogP) is 2.15. The number of aliphatic hydroxyl groups is 1. The molecular weight excluding hydrogens is 248 g/mol. The van der Waals surface area contributed by atoms with Gasteiger partial charge in [0, 0.05) is 11.4 Å². The van der Waals surface area contributed by atoms with E-state index in [1.807, 2.05) is 13.8 Å². The fourth-order valence-electron chi connectivity index (χ4n) is 1.75. The first-order valence-corrected chi connectivity index (χ1v) is 6.87. The average Bonchev–Trinajstić information content (AvgIpc) is 2.69. The molecule has 0 spiro atoms. The van der Waals surface area contributed by atoms with E-state index in [1.165, 1.54) is 4.88 Å². The molecule has 0 aliphatic rings. The Hall–Kier alpha value is -1.40. The summed E-state index contributed by atoms with van der Waals surface area (Å²) in [5.74, 6) is 1.04. The average molecular weight is 266 g/mol. The van der Waals surface area contributed by atoms with Gasteiger partial charge in [-0.25, -0.2) is 4.98 Å². The van der Waals surface area contributed by atoms with Gasteiger partial charge in [0.05, 0.1) is 11.5 Å². The number of nitrogen functional groups attached to an aromatic ring is 1. The van der Waals surface area contributed by atoms with Crippen molar-refractivity contribution in [3.8, 4) is 0 Å². The van der Waals surface area contributed by atoms with Gasteiger partial charge in [-0.1, -0.05) is 6.92 Å². The minimum absolute atomic E-state index is 0.267. The molecular formula is C12H18N4OS. The van der Waals surface area contributed by atoms with E-state index in [0.717, 1.165) is 22.5 Å². The van der Waals surface area contributed by atoms with Gasteiger partial charge in [-0.2, -0.15) is 4.98 Å². The molecule has 2 aromatic heterocycles. The molecule has 1 atom stereocenters. The molecule has 6 heteroatoms. The van der Waals surface area contributed by atoms with Gasteiger partial charge in [-0.3, -0.25) is 0 Å². The lowest BCUT2D eigenvalue weighted by Crippen LogP contribution is -2.13. The van der Waals surface area contributed by atoms with Crippen molar-refractivity contribution in [2.24, 2.45) is 0 Å². The van der Waals surface area contributed by atoms with E-state index >= 15 is 0 Å². The standard InChI is InChI=1S/C12H18N4OS/c1-3-8(17)4-5-14-10-9-6-7(2)18-11(9)16-12(13)15-10/h6,8,17H,3-5H2,1-2H3,(H3,13,14,15,16). The Morgan fingerprint density at radius 2 is 2.28 bits per heavy atom. The van der Waals surface area contributed by atoms with Crippen LogP contribution in [0.5, 0.6) is 0 Å². The zero-order valence-corrected chi connectivity index (χ0v) is 11.4. The Morgan fingerprint density at radius 3 is 3.00 bits per heavy atom. The van der Waals surface area contributed by atoms with Gasteiger partial charge in [0.25, 0.3) is 0 Å². The van der Waals surface area contributed by atoms with Gasteiger partial charge >= 0.3 is 0 Å². The van der Waals surface area contributed by atoms with E-state index in [0.29, 0.717) is 13.0 Å². The monoisotopic (exact) mass is 266 g/mol. The molecule has 2 heterocycles. The molecule has 0 bridgehead atoms. The lowest BCUT2D eigenvalue weighted by atomic mass is 10.2. The molecule has 0 radical (unpaired) electrons. The number of hydrogen-bond acceptors (Lipinski definition) is 6. The summed E-state index contributed by atoms with van der Waals surface area (Å²) in [5.41, 5.74) is 5.69. The Labute approximate surface area is 110 Å². The first kappa shape index (κ1) is 13.0. The lowest BCUT2D eigenvalue weighted by molar-refractivity contribution is 0.164. The van der Waals surface area contributed by atoms with Gasteiger partial charge < -0.3 is 16.2 Å². The van der Waals surface area contributed by atoms with E-state index in [4.69, 9.17) is 5.73 Å². The van der Waals surface area contributed by atoms with E-state index in [9.17, 15) is 5.11 Å². The van der Waals surface area contributed by atoms with Gasteiger partial charge in [0.1, 0.15) is 10.6 Å². The van der Waals surface area contributed by atoms with Crippen molar-refractivity contribution in [2.45, 2.75) is 32.8 Å². The third-order valence-electron chi connectivity index (χ3n) is 2.77. The van der Waals surface area contributed by atoms with Crippen LogP contribution in [0.1, 0.15) is 24.6 Å². The molecule has 0 aromatic carbocycles. The van der Waals surface area contributed by atoms with Crippen LogP contribution in [-0.2, 0) is 0 Å². The van der Waals surface area contributed by atoms with Crippen LogP contribution >= 0.6 is 11.3 Å². The molecule has 98 valence electrons. The Bertz CT molecular complexity index is 540. The number of nitrogens with two attached hydrogens (primary N) is 1. The molecule has 5 nitrogen and oxygen atoms in total. The van der Waals surface area contributed by atoms with E-state index in [-0.39, 0.29) is 12.1 Å². The molecule has 0 fully saturated rings. The quantitative estimate of drug-likeness (QED) is 0.772. The maximum atomic E-state index is 9.51. The summed E-state index contributed by atoms with van der Waals surface area (Å²) in [6.07, 6.45) is 1.20. The van der Waals surface area contributed by atoms with Crippen molar-refractivity contribution >= 4 is 33.3 Å². The highest BCUT2D eigenvalue weighted by atomic mass is 32.1. The number of fused-ring (bicyclic) bond motifs is 1. The summed E-state index contributed by atoms with van der Waals surface area (Å²) < 4.78 is 0. The summed E-state index contributed by atoms with van der Waals surface area (Å²) in [6, 6.07) is 2.05. The molecule has 0 aliphatic heterocycles. The summed E-state index contributed by atoms with van der Waals surface area (Å²) in [6.45, 7) is 4.68. The number of aryl methyl sites for hydroxylation is 1. The number of rotatable bonds is 5. The zero-order chi connectivity index (χ0) is 13.1. The molecule has 2 rings (SSSR count). The van der Waals surface area contributed by atoms with Crippen LogP contribution in [0.25, 0.3) is 10.2 Å². The summed E-state index contributed by atoms with van der Waals surface area (Å²) in [7, 11) is 0. The van der Waals surface area contributed by atoms with E-state index in [2.05, 4.69) is 21.4 Å². The minimum Gasteiger partial charge on any atom is -0.393 e. The third-order valence-corrected chi connectivity index (χ3v) is 3.72. The van der Waals surface area contributed by atoms with Crippen molar-refractivity contribution in [2.75, 3.05) is 17.6 Å². The fourth-order valence-corrected chi connectivity index (χ4v) is 2.64. The number of aliphatic hydroxyl groups excluding tert-OH is 1. The van der Waals surface area contributed by atoms with E-state index < -0.39 is 0 Å². The third kappa shape index (κ3) is 2.88. The largest absolute Gasteiger partial charge is 0.393 e. The molecule has 0 saturated carbocycles. The Kier molecular flexibility index (Phi) is 3.98. The second-order valence-electron chi connectivity index (χ2n) is 4.28. The SMILES string of the molecule is CCC(O)CCNc1nc(N)nc2sc(C)cc12. The van der Waals surface area contributed by atoms with Gasteiger partial charge in [-0.05, 0) is 25.8 Å². The Balaban J connectivity index is 2.16. The van der Waals surface area contributed by atoms with Gasteiger partial charge in [0.2, 0.25) is 5.95 Å². The minimum atomic E-state index is -0.267. The Morgan fingerprint density at radius 1 is 1.50 bits per heavy atom. The number of anilines is 2. The lowest BCUT2D eigenvalue weighted by Gasteiger charge is -2.10. The summed E-state index contributed by atoms with van der Waals surface area (Å²) in [5, 5.41) is 13.7. The molecule has 4 N–H and O–H groups in total. The van der Waals surface area contributed by atoms with Crippen molar-refractivity contribution in [1.82, 2.24) is 9.97 Å². The van der Waals surface area contributed by atoms with Crippen LogP contribution in [0.15, 0.2) is 6.07 Å². The number of nitrogens with one attached hydrogen (secondary N) is 1. The molecule has 0 saturated heterocycles.